The van der Waals surface area contributed by atoms with E-state index in [1.165, 1.54) is 16.0 Å². The Kier molecular flexibility index (Phi) is 5.89. The van der Waals surface area contributed by atoms with Gasteiger partial charge in [0.2, 0.25) is 0 Å². The Morgan fingerprint density at radius 1 is 1.17 bits per heavy atom. The molecule has 0 aliphatic carbocycles. The zero-order valence-corrected chi connectivity index (χ0v) is 17.4. The first-order chi connectivity index (χ1) is 14.7. The molecule has 4 rings (SSSR count). The second kappa shape index (κ2) is 8.91. The fourth-order valence-corrected chi connectivity index (χ4v) is 3.74. The smallest absolute Gasteiger partial charge is 0.328 e. The molecule has 2 aromatic carbocycles. The van der Waals surface area contributed by atoms with E-state index in [-0.39, 0.29) is 13.2 Å². The van der Waals surface area contributed by atoms with Crippen LogP contribution in [-0.4, -0.2) is 39.7 Å². The number of methoxy groups -OCH3 is 1. The van der Waals surface area contributed by atoms with Gasteiger partial charge in [-0.15, -0.1) is 16.4 Å². The van der Waals surface area contributed by atoms with Gasteiger partial charge in [0, 0.05) is 10.9 Å². The highest BCUT2D eigenvalue weighted by Gasteiger charge is 2.13. The second-order valence-electron chi connectivity index (χ2n) is 6.34. The third kappa shape index (κ3) is 4.25. The number of benzene rings is 2. The van der Waals surface area contributed by atoms with Crippen LogP contribution in [0, 0.1) is 0 Å². The lowest BCUT2D eigenvalue weighted by Gasteiger charge is -2.09. The number of carbonyl (C=O) groups is 1. The van der Waals surface area contributed by atoms with Crippen molar-refractivity contribution in [3.8, 4) is 22.1 Å². The van der Waals surface area contributed by atoms with Crippen LogP contribution in [0.25, 0.3) is 21.6 Å². The van der Waals surface area contributed by atoms with Gasteiger partial charge in [-0.25, -0.2) is 9.67 Å². The summed E-state index contributed by atoms with van der Waals surface area (Å²) in [6.45, 7) is 2.57. The summed E-state index contributed by atoms with van der Waals surface area (Å²) in [4.78, 5) is 16.8. The Labute approximate surface area is 177 Å². The molecule has 154 valence electrons. The first-order valence-corrected chi connectivity index (χ1v) is 10.3. The summed E-state index contributed by atoms with van der Waals surface area (Å²) >= 11 is 1.47. The lowest BCUT2D eigenvalue weighted by atomic mass is 10.2. The normalized spacial score (nSPS) is 10.9. The maximum Gasteiger partial charge on any atom is 0.328 e. The van der Waals surface area contributed by atoms with Gasteiger partial charge in [0.05, 0.1) is 24.9 Å². The van der Waals surface area contributed by atoms with Crippen molar-refractivity contribution >= 4 is 28.3 Å². The van der Waals surface area contributed by atoms with E-state index in [1.807, 2.05) is 54.8 Å². The van der Waals surface area contributed by atoms with E-state index in [0.29, 0.717) is 23.8 Å². The summed E-state index contributed by atoms with van der Waals surface area (Å²) in [5.41, 5.74) is 3.11. The minimum Gasteiger partial charge on any atom is -0.493 e. The first kappa shape index (κ1) is 19.8. The van der Waals surface area contributed by atoms with E-state index in [9.17, 15) is 4.79 Å². The molecule has 2 heterocycles. The van der Waals surface area contributed by atoms with Crippen LogP contribution >= 0.6 is 11.3 Å². The van der Waals surface area contributed by atoms with Crippen LogP contribution in [0.3, 0.4) is 0 Å². The van der Waals surface area contributed by atoms with Gasteiger partial charge in [0.1, 0.15) is 23.7 Å². The molecule has 0 amide bonds. The Morgan fingerprint density at radius 2 is 2.03 bits per heavy atom. The number of esters is 1. The average Bonchev–Trinajstić information content (AvgIpc) is 3.40. The molecule has 0 spiro atoms. The summed E-state index contributed by atoms with van der Waals surface area (Å²) in [7, 11) is 1.60. The predicted octanol–water partition coefficient (Wildman–Crippen LogP) is 3.71. The van der Waals surface area contributed by atoms with Crippen LogP contribution in [0.4, 0.5) is 0 Å². The third-order valence-electron chi connectivity index (χ3n) is 4.34. The number of fused-ring (bicyclic) bond motifs is 1. The van der Waals surface area contributed by atoms with E-state index in [4.69, 9.17) is 14.2 Å². The quantitative estimate of drug-likeness (QED) is 0.399. The summed E-state index contributed by atoms with van der Waals surface area (Å²) < 4.78 is 17.8. The molecule has 0 saturated heterocycles. The highest BCUT2D eigenvalue weighted by molar-refractivity contribution is 7.13. The van der Waals surface area contributed by atoms with Gasteiger partial charge in [0.25, 0.3) is 0 Å². The molecule has 0 N–H and O–H groups in total. The molecule has 8 nitrogen and oxygen atoms in total. The number of ether oxygens (including phenoxy) is 3. The van der Waals surface area contributed by atoms with Crippen molar-refractivity contribution in [3.63, 3.8) is 0 Å². The molecule has 0 atom stereocenters. The number of nitrogens with zero attached hydrogens (tertiary/aromatic N) is 4. The molecule has 9 heteroatoms. The molecule has 4 aromatic rings. The number of para-hydroxylation sites is 1. The number of hydrogen-bond donors (Lipinski definition) is 0. The molecule has 2 aromatic heterocycles. The van der Waals surface area contributed by atoms with Crippen LogP contribution in [0.1, 0.15) is 12.6 Å². The van der Waals surface area contributed by atoms with Gasteiger partial charge in [0.15, 0.2) is 11.5 Å². The van der Waals surface area contributed by atoms with Crippen molar-refractivity contribution in [1.82, 2.24) is 20.0 Å². The van der Waals surface area contributed by atoms with Crippen molar-refractivity contribution in [2.75, 3.05) is 13.7 Å². The number of hydrogen-bond acceptors (Lipinski definition) is 8. The summed E-state index contributed by atoms with van der Waals surface area (Å²) in [5, 5.41) is 10.7. The molecule has 0 saturated carbocycles. The van der Waals surface area contributed by atoms with Crippen molar-refractivity contribution in [1.29, 1.82) is 0 Å². The van der Waals surface area contributed by atoms with Crippen LogP contribution in [0.5, 0.6) is 11.5 Å². The van der Waals surface area contributed by atoms with Gasteiger partial charge >= 0.3 is 5.97 Å². The van der Waals surface area contributed by atoms with E-state index >= 15 is 0 Å². The Morgan fingerprint density at radius 3 is 2.87 bits per heavy atom. The zero-order chi connectivity index (χ0) is 20.9. The summed E-state index contributed by atoms with van der Waals surface area (Å²) in [6.07, 6.45) is 0. The van der Waals surface area contributed by atoms with E-state index in [2.05, 4.69) is 15.3 Å². The molecule has 0 unspecified atom stereocenters. The SMILES string of the molecule is CCOc1ccc(-c2nc(COC(=O)Cn3nnc4ccccc43)cs2)cc1OC. The highest BCUT2D eigenvalue weighted by atomic mass is 32.1. The molecular formula is C21H20N4O4S. The minimum atomic E-state index is -0.400. The number of aromatic nitrogens is 4. The van der Waals surface area contributed by atoms with Gasteiger partial charge < -0.3 is 14.2 Å². The van der Waals surface area contributed by atoms with Crippen molar-refractivity contribution in [2.45, 2.75) is 20.1 Å². The third-order valence-corrected chi connectivity index (χ3v) is 5.28. The van der Waals surface area contributed by atoms with Crippen molar-refractivity contribution < 1.29 is 19.0 Å². The number of carbonyl (C=O) groups excluding carboxylic acids is 1. The lowest BCUT2D eigenvalue weighted by Crippen LogP contribution is -2.14. The first-order valence-electron chi connectivity index (χ1n) is 9.37. The monoisotopic (exact) mass is 424 g/mol. The fraction of sp³-hybridized carbons (Fsp3) is 0.238. The predicted molar refractivity (Wildman–Crippen MR) is 113 cm³/mol. The van der Waals surface area contributed by atoms with Gasteiger partial charge in [-0.2, -0.15) is 0 Å². The largest absolute Gasteiger partial charge is 0.493 e. The highest BCUT2D eigenvalue weighted by Crippen LogP contribution is 2.33. The lowest BCUT2D eigenvalue weighted by molar-refractivity contribution is -0.145. The maximum atomic E-state index is 12.2. The molecule has 30 heavy (non-hydrogen) atoms. The molecular weight excluding hydrogens is 404 g/mol. The standard InChI is InChI=1S/C21H20N4O4S/c1-3-28-18-9-8-14(10-19(18)27-2)21-22-15(13-30-21)12-29-20(26)11-25-17-7-5-4-6-16(17)23-24-25/h4-10,13H,3,11-12H2,1-2H3. The average molecular weight is 424 g/mol. The molecule has 0 aliphatic heterocycles. The van der Waals surface area contributed by atoms with Crippen LogP contribution in [-0.2, 0) is 22.7 Å². The van der Waals surface area contributed by atoms with Gasteiger partial charge in [-0.05, 0) is 37.3 Å². The molecule has 0 bridgehead atoms. The Balaban J connectivity index is 1.39. The van der Waals surface area contributed by atoms with E-state index in [1.54, 1.807) is 7.11 Å². The number of rotatable bonds is 8. The van der Waals surface area contributed by atoms with Crippen LogP contribution in [0.15, 0.2) is 47.8 Å². The van der Waals surface area contributed by atoms with Gasteiger partial charge in [-0.3, -0.25) is 4.79 Å². The summed E-state index contributed by atoms with van der Waals surface area (Å²) in [6, 6.07) is 13.1. The molecule has 0 aliphatic rings. The Bertz CT molecular complexity index is 1170. The molecule has 0 fully saturated rings. The van der Waals surface area contributed by atoms with E-state index in [0.717, 1.165) is 21.6 Å². The summed E-state index contributed by atoms with van der Waals surface area (Å²) in [5.74, 6) is 0.940. The minimum absolute atomic E-state index is 0.00635. The second-order valence-corrected chi connectivity index (χ2v) is 7.20. The molecule has 0 radical (unpaired) electrons. The fourth-order valence-electron chi connectivity index (χ4n) is 2.94. The topological polar surface area (TPSA) is 88.4 Å². The van der Waals surface area contributed by atoms with Crippen molar-refractivity contribution in [2.24, 2.45) is 0 Å². The van der Waals surface area contributed by atoms with E-state index < -0.39 is 5.97 Å². The Hall–Kier alpha value is -3.46. The van der Waals surface area contributed by atoms with Crippen LogP contribution < -0.4 is 9.47 Å². The zero-order valence-electron chi connectivity index (χ0n) is 16.6. The number of thiazole rings is 1. The van der Waals surface area contributed by atoms with Crippen LogP contribution in [0.2, 0.25) is 0 Å². The van der Waals surface area contributed by atoms with Gasteiger partial charge in [-0.1, -0.05) is 17.3 Å². The van der Waals surface area contributed by atoms with Crippen molar-refractivity contribution in [3.05, 3.63) is 53.5 Å². The maximum absolute atomic E-state index is 12.2.